The van der Waals surface area contributed by atoms with Gasteiger partial charge in [-0.2, -0.15) is 10.2 Å². The van der Waals surface area contributed by atoms with Gasteiger partial charge in [0.15, 0.2) is 0 Å². The second-order valence-corrected chi connectivity index (χ2v) is 7.19. The minimum Gasteiger partial charge on any atom is -0.347 e. The summed E-state index contributed by atoms with van der Waals surface area (Å²) in [6.07, 6.45) is 1.69. The molecule has 0 aliphatic heterocycles. The van der Waals surface area contributed by atoms with E-state index in [9.17, 15) is 0 Å². The Kier molecular flexibility index (Phi) is 4.65. The molecule has 0 aliphatic carbocycles. The van der Waals surface area contributed by atoms with Gasteiger partial charge in [0.05, 0.1) is 29.8 Å². The number of aromatic amines is 1. The Hall–Kier alpha value is -4.06. The van der Waals surface area contributed by atoms with E-state index in [1.807, 2.05) is 24.3 Å². The van der Waals surface area contributed by atoms with E-state index in [1.165, 1.54) is 10.9 Å². The molecule has 6 nitrogen and oxygen atoms in total. The molecule has 2 heterocycles. The lowest BCUT2D eigenvalue weighted by molar-refractivity contribution is 0.923. The first-order chi connectivity index (χ1) is 14.8. The van der Waals surface area contributed by atoms with Gasteiger partial charge in [-0.25, -0.2) is 4.98 Å². The monoisotopic (exact) mass is 392 g/mol. The smallest absolute Gasteiger partial charge is 0.243 e. The summed E-state index contributed by atoms with van der Waals surface area (Å²) in [7, 11) is 0. The summed E-state index contributed by atoms with van der Waals surface area (Å²) in [5.41, 5.74) is 5.99. The molecule has 0 spiro atoms. The van der Waals surface area contributed by atoms with Crippen molar-refractivity contribution in [1.82, 2.24) is 25.4 Å². The Labute approximate surface area is 174 Å². The van der Waals surface area contributed by atoms with Crippen molar-refractivity contribution in [1.29, 1.82) is 0 Å². The number of rotatable bonds is 5. The van der Waals surface area contributed by atoms with E-state index in [0.717, 1.165) is 33.6 Å². The van der Waals surface area contributed by atoms with Gasteiger partial charge in [0, 0.05) is 11.1 Å². The van der Waals surface area contributed by atoms with E-state index in [0.29, 0.717) is 12.5 Å². The second-order valence-electron chi connectivity index (χ2n) is 7.19. The van der Waals surface area contributed by atoms with Crippen molar-refractivity contribution in [3.05, 3.63) is 90.3 Å². The molecule has 2 aromatic heterocycles. The number of nitrogens with zero attached hydrogens (tertiary/aromatic N) is 4. The number of aromatic nitrogens is 5. The molecule has 3 aromatic carbocycles. The zero-order valence-electron chi connectivity index (χ0n) is 16.5. The number of hydrogen-bond donors (Lipinski definition) is 2. The highest BCUT2D eigenvalue weighted by Gasteiger charge is 2.08. The Morgan fingerprint density at radius 3 is 2.63 bits per heavy atom. The van der Waals surface area contributed by atoms with Crippen LogP contribution in [0.25, 0.3) is 33.3 Å². The minimum atomic E-state index is 0.479. The molecule has 0 unspecified atom stereocenters. The summed E-state index contributed by atoms with van der Waals surface area (Å²) in [5, 5.41) is 21.3. The van der Waals surface area contributed by atoms with E-state index in [1.54, 1.807) is 6.20 Å². The second kappa shape index (κ2) is 7.75. The summed E-state index contributed by atoms with van der Waals surface area (Å²) in [6, 6.07) is 24.8. The number of anilines is 1. The first-order valence-electron chi connectivity index (χ1n) is 9.79. The fourth-order valence-electron chi connectivity index (χ4n) is 3.46. The van der Waals surface area contributed by atoms with Crippen LogP contribution in [0.1, 0.15) is 11.3 Å². The largest absolute Gasteiger partial charge is 0.347 e. The molecule has 5 rings (SSSR count). The van der Waals surface area contributed by atoms with Gasteiger partial charge in [0.25, 0.3) is 0 Å². The van der Waals surface area contributed by atoms with Crippen molar-refractivity contribution in [3.63, 3.8) is 0 Å². The molecular formula is C24H20N6. The average molecular weight is 392 g/mol. The maximum Gasteiger partial charge on any atom is 0.243 e. The van der Waals surface area contributed by atoms with Crippen LogP contribution in [0.2, 0.25) is 0 Å². The fraction of sp³-hybridized carbons (Fsp3) is 0.0833. The lowest BCUT2D eigenvalue weighted by Gasteiger charge is -2.07. The molecule has 0 radical (unpaired) electrons. The van der Waals surface area contributed by atoms with Crippen molar-refractivity contribution in [2.24, 2.45) is 0 Å². The van der Waals surface area contributed by atoms with Gasteiger partial charge in [0.1, 0.15) is 0 Å². The van der Waals surface area contributed by atoms with Gasteiger partial charge in [-0.3, -0.25) is 5.10 Å². The molecule has 146 valence electrons. The highest BCUT2D eigenvalue weighted by atomic mass is 15.2. The van der Waals surface area contributed by atoms with Crippen molar-refractivity contribution in [3.8, 4) is 22.5 Å². The maximum atomic E-state index is 4.66. The van der Waals surface area contributed by atoms with E-state index in [2.05, 4.69) is 86.2 Å². The van der Waals surface area contributed by atoms with Crippen LogP contribution >= 0.6 is 0 Å². The van der Waals surface area contributed by atoms with Crippen molar-refractivity contribution < 1.29 is 0 Å². The fourth-order valence-corrected chi connectivity index (χ4v) is 3.46. The molecule has 0 saturated heterocycles. The number of fused-ring (bicyclic) bond motifs is 1. The molecule has 2 N–H and O–H groups in total. The third-order valence-corrected chi connectivity index (χ3v) is 5.04. The van der Waals surface area contributed by atoms with Crippen molar-refractivity contribution in [2.75, 3.05) is 5.32 Å². The van der Waals surface area contributed by atoms with E-state index < -0.39 is 0 Å². The minimum absolute atomic E-state index is 0.479. The third-order valence-electron chi connectivity index (χ3n) is 5.04. The normalized spacial score (nSPS) is 11.0. The molecule has 0 aliphatic rings. The van der Waals surface area contributed by atoms with E-state index in [-0.39, 0.29) is 0 Å². The topological polar surface area (TPSA) is 79.4 Å². The quantitative estimate of drug-likeness (QED) is 0.440. The van der Waals surface area contributed by atoms with Crippen LogP contribution in [0.15, 0.2) is 79.0 Å². The Bertz CT molecular complexity index is 1300. The number of aryl methyl sites for hydroxylation is 1. The van der Waals surface area contributed by atoms with Crippen LogP contribution in [-0.4, -0.2) is 25.4 Å². The van der Waals surface area contributed by atoms with Crippen LogP contribution in [0.5, 0.6) is 0 Å². The summed E-state index contributed by atoms with van der Waals surface area (Å²) < 4.78 is 0. The first-order valence-corrected chi connectivity index (χ1v) is 9.79. The summed E-state index contributed by atoms with van der Waals surface area (Å²) in [4.78, 5) is 4.66. The Balaban J connectivity index is 1.35. The van der Waals surface area contributed by atoms with Gasteiger partial charge in [-0.05, 0) is 23.8 Å². The predicted octanol–water partition coefficient (Wildman–Crippen LogP) is 5.00. The number of benzene rings is 3. The molecule has 0 atom stereocenters. The average Bonchev–Trinajstić information content (AvgIpc) is 3.27. The third kappa shape index (κ3) is 3.63. The summed E-state index contributed by atoms with van der Waals surface area (Å²) in [5.74, 6) is 0.479. The lowest BCUT2D eigenvalue weighted by Crippen LogP contribution is -2.05. The van der Waals surface area contributed by atoms with Gasteiger partial charge in [-0.15, -0.1) is 5.10 Å². The predicted molar refractivity (Wildman–Crippen MR) is 119 cm³/mol. The standard InChI is InChI=1S/C24H20N6/c1-16-9-11-18(12-10-16)22-13-19(28-29-22)14-25-24-27-23(15-26-30-24)21-8-4-6-17-5-2-3-7-20(17)21/h2-13,15H,14H2,1H3,(H,28,29)(H,25,27,30). The SMILES string of the molecule is Cc1ccc(-c2cc(CNc3nncc(-c4cccc5ccccc45)n3)[nH]n2)cc1. The zero-order chi connectivity index (χ0) is 20.3. The van der Waals surface area contributed by atoms with Gasteiger partial charge < -0.3 is 5.32 Å². The highest BCUT2D eigenvalue weighted by molar-refractivity contribution is 5.95. The molecular weight excluding hydrogens is 372 g/mol. The highest BCUT2D eigenvalue weighted by Crippen LogP contribution is 2.27. The number of nitrogens with one attached hydrogen (secondary N) is 2. The number of hydrogen-bond acceptors (Lipinski definition) is 5. The van der Waals surface area contributed by atoms with Crippen molar-refractivity contribution >= 4 is 16.7 Å². The van der Waals surface area contributed by atoms with Crippen LogP contribution in [0.3, 0.4) is 0 Å². The number of H-pyrrole nitrogens is 1. The molecule has 30 heavy (non-hydrogen) atoms. The molecule has 6 heteroatoms. The maximum absolute atomic E-state index is 4.66. The molecule has 5 aromatic rings. The van der Waals surface area contributed by atoms with Crippen LogP contribution < -0.4 is 5.32 Å². The summed E-state index contributed by atoms with van der Waals surface area (Å²) >= 11 is 0. The molecule has 0 amide bonds. The van der Waals surface area contributed by atoms with Gasteiger partial charge in [0.2, 0.25) is 5.95 Å². The van der Waals surface area contributed by atoms with E-state index in [4.69, 9.17) is 0 Å². The van der Waals surface area contributed by atoms with E-state index >= 15 is 0 Å². The first kappa shape index (κ1) is 18.0. The summed E-state index contributed by atoms with van der Waals surface area (Å²) in [6.45, 7) is 2.60. The Morgan fingerprint density at radius 2 is 1.73 bits per heavy atom. The van der Waals surface area contributed by atoms with Crippen molar-refractivity contribution in [2.45, 2.75) is 13.5 Å². The molecule has 0 saturated carbocycles. The Morgan fingerprint density at radius 1 is 0.900 bits per heavy atom. The zero-order valence-corrected chi connectivity index (χ0v) is 16.5. The van der Waals surface area contributed by atoms with Crippen LogP contribution in [0, 0.1) is 6.92 Å². The molecule has 0 bridgehead atoms. The van der Waals surface area contributed by atoms with Gasteiger partial charge in [-0.1, -0.05) is 72.3 Å². The van der Waals surface area contributed by atoms with Crippen LogP contribution in [0.4, 0.5) is 5.95 Å². The molecule has 0 fully saturated rings. The lowest BCUT2D eigenvalue weighted by atomic mass is 10.0. The van der Waals surface area contributed by atoms with Crippen LogP contribution in [-0.2, 0) is 6.54 Å². The van der Waals surface area contributed by atoms with Gasteiger partial charge >= 0.3 is 0 Å².